The number of halogens is 1. The van der Waals surface area contributed by atoms with Crippen molar-refractivity contribution in [1.82, 2.24) is 9.79 Å². The lowest BCUT2D eigenvalue weighted by Gasteiger charge is -2.42. The highest BCUT2D eigenvalue weighted by Crippen LogP contribution is 2.34. The first kappa shape index (κ1) is 26.7. The van der Waals surface area contributed by atoms with Gasteiger partial charge in [-0.15, -0.1) is 12.4 Å². The number of rotatable bonds is 8. The number of sulfonamides is 1. The van der Waals surface area contributed by atoms with E-state index in [9.17, 15) is 18.4 Å². The largest absolute Gasteiger partial charge is 0.493 e. The molecule has 2 aliphatic rings. The Balaban J connectivity index is 0.00000363. The Morgan fingerprint density at radius 2 is 1.88 bits per heavy atom. The average molecular weight is 492 g/mol. The second-order valence-electron chi connectivity index (χ2n) is 8.09. The molecule has 0 saturated carbocycles. The molecule has 0 aromatic heterocycles. The Kier molecular flexibility index (Phi) is 9.59. The van der Waals surface area contributed by atoms with E-state index in [1.54, 1.807) is 5.48 Å². The molecule has 2 fully saturated rings. The van der Waals surface area contributed by atoms with E-state index in [1.165, 1.54) is 4.31 Å². The number of hydrogen-bond acceptors (Lipinski definition) is 7. The molecule has 0 radical (unpaired) electrons. The minimum absolute atomic E-state index is 0. The van der Waals surface area contributed by atoms with E-state index in [0.29, 0.717) is 19.7 Å². The van der Waals surface area contributed by atoms with Crippen molar-refractivity contribution in [3.63, 3.8) is 0 Å². The number of ether oxygens (including phenoxy) is 2. The fourth-order valence-corrected chi connectivity index (χ4v) is 6.26. The van der Waals surface area contributed by atoms with Crippen LogP contribution in [0.2, 0.25) is 0 Å². The quantitative estimate of drug-likeness (QED) is 0.325. The molecule has 2 N–H and O–H groups in total. The van der Waals surface area contributed by atoms with Gasteiger partial charge in [0.25, 0.3) is 5.91 Å². The summed E-state index contributed by atoms with van der Waals surface area (Å²) in [6.07, 6.45) is 2.15. The summed E-state index contributed by atoms with van der Waals surface area (Å²) < 4.78 is 37.6. The maximum atomic E-state index is 13.4. The molecule has 11 heteroatoms. The van der Waals surface area contributed by atoms with Gasteiger partial charge >= 0.3 is 0 Å². The third-order valence-corrected chi connectivity index (χ3v) is 8.79. The molecule has 1 aromatic rings. The SMILES string of the molecule is CCCCOc1ccc(N2CCN(S(=O)(=O)C3(C(=O)NO)CCOCC3)CC2)cc1C.Cl. The molecule has 0 unspecified atom stereocenters. The number of carbonyl (C=O) groups excluding carboxylic acids is 1. The Morgan fingerprint density at radius 1 is 1.22 bits per heavy atom. The Hall–Kier alpha value is -1.59. The van der Waals surface area contributed by atoms with Crippen LogP contribution in [0.4, 0.5) is 5.69 Å². The van der Waals surface area contributed by atoms with Crippen molar-refractivity contribution < 1.29 is 27.9 Å². The van der Waals surface area contributed by atoms with Crippen LogP contribution in [0.1, 0.15) is 38.2 Å². The molecular formula is C21H34ClN3O6S. The Bertz CT molecular complexity index is 868. The van der Waals surface area contributed by atoms with Crippen LogP contribution in [-0.4, -0.2) is 74.6 Å². The van der Waals surface area contributed by atoms with Crippen molar-refractivity contribution in [2.75, 3.05) is 50.9 Å². The standard InChI is InChI=1S/C21H33N3O6S.ClH/c1-3-4-13-30-19-6-5-18(16-17(19)2)23-9-11-24(12-10-23)31(27,28)21(20(25)22-26)7-14-29-15-8-21;/h5-6,16,26H,3-4,7-15H2,1-2H3,(H,22,25);1H. The van der Waals surface area contributed by atoms with E-state index >= 15 is 0 Å². The molecule has 0 bridgehead atoms. The highest BCUT2D eigenvalue weighted by Gasteiger charge is 2.54. The molecule has 1 amide bonds. The summed E-state index contributed by atoms with van der Waals surface area (Å²) >= 11 is 0. The Labute approximate surface area is 196 Å². The summed E-state index contributed by atoms with van der Waals surface area (Å²) in [5.74, 6) is -0.0117. The number of hydrogen-bond donors (Lipinski definition) is 2. The predicted molar refractivity (Wildman–Crippen MR) is 124 cm³/mol. The van der Waals surface area contributed by atoms with Gasteiger partial charge in [-0.25, -0.2) is 13.9 Å². The van der Waals surface area contributed by atoms with Crippen LogP contribution in [0.5, 0.6) is 5.75 Å². The molecule has 2 saturated heterocycles. The Morgan fingerprint density at radius 3 is 2.44 bits per heavy atom. The predicted octanol–water partition coefficient (Wildman–Crippen LogP) is 2.10. The number of aryl methyl sites for hydroxylation is 1. The van der Waals surface area contributed by atoms with Gasteiger partial charge < -0.3 is 14.4 Å². The van der Waals surface area contributed by atoms with Crippen LogP contribution in [0.25, 0.3) is 0 Å². The first-order valence-corrected chi connectivity index (χ1v) is 12.3. The van der Waals surface area contributed by atoms with E-state index in [1.807, 2.05) is 19.1 Å². The van der Waals surface area contributed by atoms with E-state index in [2.05, 4.69) is 17.9 Å². The fourth-order valence-electron chi connectivity index (χ4n) is 4.16. The second-order valence-corrected chi connectivity index (χ2v) is 10.3. The average Bonchev–Trinajstić information content (AvgIpc) is 2.80. The molecule has 9 nitrogen and oxygen atoms in total. The normalized spacial score (nSPS) is 19.2. The lowest BCUT2D eigenvalue weighted by atomic mass is 9.98. The maximum Gasteiger partial charge on any atom is 0.266 e. The fraction of sp³-hybridized carbons (Fsp3) is 0.667. The number of unbranched alkanes of at least 4 members (excludes halogenated alkanes) is 1. The van der Waals surface area contributed by atoms with E-state index < -0.39 is 20.7 Å². The monoisotopic (exact) mass is 491 g/mol. The van der Waals surface area contributed by atoms with E-state index in [0.717, 1.165) is 29.8 Å². The highest BCUT2D eigenvalue weighted by molar-refractivity contribution is 7.91. The van der Waals surface area contributed by atoms with Crippen molar-refractivity contribution in [1.29, 1.82) is 0 Å². The molecule has 0 spiro atoms. The minimum Gasteiger partial charge on any atom is -0.493 e. The third kappa shape index (κ3) is 5.31. The van der Waals surface area contributed by atoms with Gasteiger partial charge in [0.15, 0.2) is 4.75 Å². The molecule has 0 atom stereocenters. The van der Waals surface area contributed by atoms with Gasteiger partial charge in [0.05, 0.1) is 6.61 Å². The topological polar surface area (TPSA) is 108 Å². The minimum atomic E-state index is -3.96. The number of carbonyl (C=O) groups is 1. The summed E-state index contributed by atoms with van der Waals surface area (Å²) in [5.41, 5.74) is 3.63. The summed E-state index contributed by atoms with van der Waals surface area (Å²) in [6.45, 7) is 6.74. The van der Waals surface area contributed by atoms with Gasteiger partial charge in [-0.05, 0) is 37.1 Å². The molecular weight excluding hydrogens is 458 g/mol. The summed E-state index contributed by atoms with van der Waals surface area (Å²) in [4.78, 5) is 14.5. The zero-order valence-electron chi connectivity index (χ0n) is 18.7. The summed E-state index contributed by atoms with van der Waals surface area (Å²) in [5, 5.41) is 9.18. The van der Waals surface area contributed by atoms with E-state index in [4.69, 9.17) is 9.47 Å². The number of hydroxylamine groups is 1. The van der Waals surface area contributed by atoms with E-state index in [-0.39, 0.29) is 51.6 Å². The number of benzene rings is 1. The van der Waals surface area contributed by atoms with Crippen molar-refractivity contribution in [3.8, 4) is 5.75 Å². The molecule has 182 valence electrons. The molecule has 2 aliphatic heterocycles. The zero-order chi connectivity index (χ0) is 22.5. The number of anilines is 1. The van der Waals surface area contributed by atoms with Crippen molar-refractivity contribution in [2.24, 2.45) is 0 Å². The van der Waals surface area contributed by atoms with Gasteiger partial charge in [0, 0.05) is 57.9 Å². The number of nitrogens with one attached hydrogen (secondary N) is 1. The number of piperazine rings is 1. The first-order valence-electron chi connectivity index (χ1n) is 10.9. The van der Waals surface area contributed by atoms with Crippen molar-refractivity contribution in [3.05, 3.63) is 23.8 Å². The number of nitrogens with zero attached hydrogens (tertiary/aromatic N) is 2. The van der Waals surface area contributed by atoms with Crippen LogP contribution < -0.4 is 15.1 Å². The molecule has 1 aromatic carbocycles. The highest BCUT2D eigenvalue weighted by atomic mass is 35.5. The molecule has 0 aliphatic carbocycles. The first-order chi connectivity index (χ1) is 14.9. The van der Waals surface area contributed by atoms with Crippen LogP contribution in [0, 0.1) is 6.92 Å². The number of amides is 1. The lowest BCUT2D eigenvalue weighted by molar-refractivity contribution is -0.134. The molecule has 2 heterocycles. The van der Waals surface area contributed by atoms with Gasteiger partial charge in [-0.1, -0.05) is 13.3 Å². The molecule has 3 rings (SSSR count). The molecule has 32 heavy (non-hydrogen) atoms. The van der Waals surface area contributed by atoms with Gasteiger partial charge in [-0.2, -0.15) is 4.31 Å². The van der Waals surface area contributed by atoms with Crippen LogP contribution in [0.3, 0.4) is 0 Å². The van der Waals surface area contributed by atoms with Gasteiger partial charge in [0.1, 0.15) is 5.75 Å². The smallest absolute Gasteiger partial charge is 0.266 e. The summed E-state index contributed by atoms with van der Waals surface area (Å²) in [7, 11) is -3.96. The van der Waals surface area contributed by atoms with Crippen LogP contribution in [0.15, 0.2) is 18.2 Å². The summed E-state index contributed by atoms with van der Waals surface area (Å²) in [6, 6.07) is 6.02. The van der Waals surface area contributed by atoms with Crippen molar-refractivity contribution >= 4 is 34.0 Å². The van der Waals surface area contributed by atoms with Crippen LogP contribution >= 0.6 is 12.4 Å². The lowest BCUT2D eigenvalue weighted by Crippen LogP contribution is -2.62. The zero-order valence-corrected chi connectivity index (χ0v) is 20.3. The van der Waals surface area contributed by atoms with Crippen molar-refractivity contribution in [2.45, 2.75) is 44.3 Å². The second kappa shape index (κ2) is 11.5. The third-order valence-electron chi connectivity index (χ3n) is 6.17. The maximum absolute atomic E-state index is 13.4. The van der Waals surface area contributed by atoms with Crippen LogP contribution in [-0.2, 0) is 19.6 Å². The van der Waals surface area contributed by atoms with Gasteiger partial charge in [-0.3, -0.25) is 10.0 Å². The van der Waals surface area contributed by atoms with Gasteiger partial charge in [0.2, 0.25) is 10.0 Å².